The number of fused-ring (bicyclic) bond motifs is 1. The number of aryl methyl sites for hydroxylation is 2. The van der Waals surface area contributed by atoms with E-state index in [1.54, 1.807) is 7.11 Å². The molecule has 0 saturated heterocycles. The van der Waals surface area contributed by atoms with Crippen molar-refractivity contribution in [3.63, 3.8) is 0 Å². The Morgan fingerprint density at radius 2 is 2.27 bits per heavy atom. The zero-order valence-corrected chi connectivity index (χ0v) is 9.10. The fraction of sp³-hybridized carbons (Fsp3) is 0.455. The SMILES string of the molecule is COCCCc1nc2cccc(C)n2n1. The lowest BCUT2D eigenvalue weighted by atomic mass is 10.3. The first-order chi connectivity index (χ1) is 7.31. The van der Waals surface area contributed by atoms with E-state index in [0.29, 0.717) is 0 Å². The molecule has 0 radical (unpaired) electrons. The molecule has 80 valence electrons. The highest BCUT2D eigenvalue weighted by Gasteiger charge is 2.03. The van der Waals surface area contributed by atoms with Gasteiger partial charge in [-0.25, -0.2) is 9.50 Å². The Morgan fingerprint density at radius 3 is 3.00 bits per heavy atom. The van der Waals surface area contributed by atoms with Gasteiger partial charge in [0.25, 0.3) is 0 Å². The molecule has 0 unspecified atom stereocenters. The third kappa shape index (κ3) is 2.15. The van der Waals surface area contributed by atoms with Crippen LogP contribution in [0.25, 0.3) is 5.65 Å². The fourth-order valence-corrected chi connectivity index (χ4v) is 1.56. The van der Waals surface area contributed by atoms with Crippen LogP contribution in [0.2, 0.25) is 0 Å². The maximum absolute atomic E-state index is 5.00. The lowest BCUT2D eigenvalue weighted by Crippen LogP contribution is -1.96. The van der Waals surface area contributed by atoms with Gasteiger partial charge in [-0.3, -0.25) is 0 Å². The van der Waals surface area contributed by atoms with Crippen molar-refractivity contribution in [2.75, 3.05) is 13.7 Å². The average molecular weight is 205 g/mol. The summed E-state index contributed by atoms with van der Waals surface area (Å²) in [6.07, 6.45) is 1.83. The topological polar surface area (TPSA) is 39.4 Å². The van der Waals surface area contributed by atoms with E-state index in [1.807, 2.05) is 29.6 Å². The summed E-state index contributed by atoms with van der Waals surface area (Å²) in [4.78, 5) is 4.44. The Bertz CT molecular complexity index is 450. The highest BCUT2D eigenvalue weighted by molar-refractivity contribution is 5.38. The van der Waals surface area contributed by atoms with E-state index < -0.39 is 0 Å². The third-order valence-electron chi connectivity index (χ3n) is 2.34. The number of methoxy groups -OCH3 is 1. The Kier molecular flexibility index (Phi) is 2.97. The molecule has 0 atom stereocenters. The van der Waals surface area contributed by atoms with Gasteiger partial charge >= 0.3 is 0 Å². The lowest BCUT2D eigenvalue weighted by molar-refractivity contribution is 0.194. The van der Waals surface area contributed by atoms with Crippen molar-refractivity contribution in [3.05, 3.63) is 29.7 Å². The number of hydrogen-bond acceptors (Lipinski definition) is 3. The molecule has 4 nitrogen and oxygen atoms in total. The Balaban J connectivity index is 2.20. The number of nitrogens with zero attached hydrogens (tertiary/aromatic N) is 3. The van der Waals surface area contributed by atoms with E-state index in [1.165, 1.54) is 0 Å². The van der Waals surface area contributed by atoms with E-state index >= 15 is 0 Å². The number of hydrogen-bond donors (Lipinski definition) is 0. The zero-order chi connectivity index (χ0) is 10.7. The molecule has 0 fully saturated rings. The van der Waals surface area contributed by atoms with Crippen LogP contribution in [-0.4, -0.2) is 28.3 Å². The molecule has 0 aliphatic carbocycles. The lowest BCUT2D eigenvalue weighted by Gasteiger charge is -1.95. The Morgan fingerprint density at radius 1 is 1.40 bits per heavy atom. The molecule has 0 bridgehead atoms. The van der Waals surface area contributed by atoms with Crippen LogP contribution in [-0.2, 0) is 11.2 Å². The average Bonchev–Trinajstić information content (AvgIpc) is 2.63. The maximum Gasteiger partial charge on any atom is 0.155 e. The minimum atomic E-state index is 0.758. The molecule has 15 heavy (non-hydrogen) atoms. The van der Waals surface area contributed by atoms with E-state index in [-0.39, 0.29) is 0 Å². The van der Waals surface area contributed by atoms with Crippen molar-refractivity contribution in [2.45, 2.75) is 19.8 Å². The predicted molar refractivity (Wildman–Crippen MR) is 57.9 cm³/mol. The van der Waals surface area contributed by atoms with Crippen molar-refractivity contribution in [1.82, 2.24) is 14.6 Å². The van der Waals surface area contributed by atoms with Crippen LogP contribution < -0.4 is 0 Å². The molecule has 2 heterocycles. The molecular weight excluding hydrogens is 190 g/mol. The summed E-state index contributed by atoms with van der Waals surface area (Å²) in [6, 6.07) is 6.00. The monoisotopic (exact) mass is 205 g/mol. The van der Waals surface area contributed by atoms with Gasteiger partial charge in [0.2, 0.25) is 0 Å². The van der Waals surface area contributed by atoms with Gasteiger partial charge in [-0.1, -0.05) is 6.07 Å². The fourth-order valence-electron chi connectivity index (χ4n) is 1.56. The highest BCUT2D eigenvalue weighted by atomic mass is 16.5. The first kappa shape index (κ1) is 10.1. The van der Waals surface area contributed by atoms with Crippen LogP contribution in [0.5, 0.6) is 0 Å². The van der Waals surface area contributed by atoms with E-state index in [9.17, 15) is 0 Å². The second-order valence-corrected chi connectivity index (χ2v) is 3.56. The van der Waals surface area contributed by atoms with E-state index in [4.69, 9.17) is 4.74 Å². The first-order valence-corrected chi connectivity index (χ1v) is 5.11. The van der Waals surface area contributed by atoms with E-state index in [0.717, 1.165) is 36.6 Å². The molecule has 0 amide bonds. The Hall–Kier alpha value is -1.42. The van der Waals surface area contributed by atoms with Gasteiger partial charge in [0.05, 0.1) is 0 Å². The number of rotatable bonds is 4. The van der Waals surface area contributed by atoms with Crippen LogP contribution in [0.3, 0.4) is 0 Å². The van der Waals surface area contributed by atoms with Gasteiger partial charge in [-0.15, -0.1) is 0 Å². The van der Waals surface area contributed by atoms with E-state index in [2.05, 4.69) is 10.1 Å². The second-order valence-electron chi connectivity index (χ2n) is 3.56. The number of ether oxygens (including phenoxy) is 1. The molecule has 0 N–H and O–H groups in total. The highest BCUT2D eigenvalue weighted by Crippen LogP contribution is 2.06. The molecule has 0 spiro atoms. The maximum atomic E-state index is 5.00. The summed E-state index contributed by atoms with van der Waals surface area (Å²) in [6.45, 7) is 2.79. The van der Waals surface area contributed by atoms with Crippen molar-refractivity contribution in [2.24, 2.45) is 0 Å². The largest absolute Gasteiger partial charge is 0.385 e. The molecule has 0 aliphatic heterocycles. The first-order valence-electron chi connectivity index (χ1n) is 5.11. The van der Waals surface area contributed by atoms with Gasteiger partial charge < -0.3 is 4.74 Å². The smallest absolute Gasteiger partial charge is 0.155 e. The summed E-state index contributed by atoms with van der Waals surface area (Å²) in [5.41, 5.74) is 2.03. The van der Waals surface area contributed by atoms with Crippen molar-refractivity contribution >= 4 is 5.65 Å². The molecule has 0 aliphatic rings. The van der Waals surface area contributed by atoms with Gasteiger partial charge in [0.15, 0.2) is 11.5 Å². The van der Waals surface area contributed by atoms with Gasteiger partial charge in [0, 0.05) is 25.8 Å². The van der Waals surface area contributed by atoms with Crippen LogP contribution in [0.1, 0.15) is 17.9 Å². The minimum absolute atomic E-state index is 0.758. The van der Waals surface area contributed by atoms with Crippen LogP contribution in [0.4, 0.5) is 0 Å². The molecule has 0 saturated carbocycles. The molecule has 2 aromatic rings. The molecule has 2 rings (SSSR count). The van der Waals surface area contributed by atoms with Crippen LogP contribution in [0.15, 0.2) is 18.2 Å². The van der Waals surface area contributed by atoms with Crippen molar-refractivity contribution in [1.29, 1.82) is 0 Å². The third-order valence-corrected chi connectivity index (χ3v) is 2.34. The molecule has 2 aromatic heterocycles. The summed E-state index contributed by atoms with van der Waals surface area (Å²) in [7, 11) is 1.71. The summed E-state index contributed by atoms with van der Waals surface area (Å²) < 4.78 is 6.88. The summed E-state index contributed by atoms with van der Waals surface area (Å²) in [5.74, 6) is 0.890. The Labute approximate surface area is 88.9 Å². The summed E-state index contributed by atoms with van der Waals surface area (Å²) >= 11 is 0. The van der Waals surface area contributed by atoms with Gasteiger partial charge in [-0.05, 0) is 25.5 Å². The normalized spacial score (nSPS) is 11.1. The van der Waals surface area contributed by atoms with Crippen molar-refractivity contribution in [3.8, 4) is 0 Å². The van der Waals surface area contributed by atoms with Crippen LogP contribution >= 0.6 is 0 Å². The summed E-state index contributed by atoms with van der Waals surface area (Å²) in [5, 5.41) is 4.43. The second kappa shape index (κ2) is 4.40. The quantitative estimate of drug-likeness (QED) is 0.712. The molecule has 4 heteroatoms. The minimum Gasteiger partial charge on any atom is -0.385 e. The van der Waals surface area contributed by atoms with Gasteiger partial charge in [-0.2, -0.15) is 5.10 Å². The molecular formula is C11H15N3O. The molecule has 0 aromatic carbocycles. The van der Waals surface area contributed by atoms with Gasteiger partial charge in [0.1, 0.15) is 0 Å². The van der Waals surface area contributed by atoms with Crippen LogP contribution in [0, 0.1) is 6.92 Å². The number of aromatic nitrogens is 3. The van der Waals surface area contributed by atoms with Crippen molar-refractivity contribution < 1.29 is 4.74 Å². The number of pyridine rings is 1. The standard InChI is InChI=1S/C11H15N3O/c1-9-5-3-7-11-12-10(13-14(9)11)6-4-8-15-2/h3,5,7H,4,6,8H2,1-2H3. The predicted octanol–water partition coefficient (Wildman–Crippen LogP) is 1.62. The zero-order valence-electron chi connectivity index (χ0n) is 9.10.